The van der Waals surface area contributed by atoms with Crippen LogP contribution in [-0.2, 0) is 4.74 Å². The zero-order chi connectivity index (χ0) is 22.6. The molecule has 0 saturated carbocycles. The van der Waals surface area contributed by atoms with Crippen molar-refractivity contribution in [2.24, 2.45) is 0 Å². The fourth-order valence-electron chi connectivity index (χ4n) is 4.47. The average Bonchev–Trinajstić information content (AvgIpc) is 2.73. The SMILES string of the molecule is COc1c(O)ccc2c1C(=O)c1c(O)cc(O)cc1C2[C@@H]1O[C@H](CO)[C@@H](O)[C@H](O)[C@H]1O. The Hall–Kier alpha value is -2.89. The van der Waals surface area contributed by atoms with Crippen LogP contribution >= 0.6 is 0 Å². The van der Waals surface area contributed by atoms with Crippen molar-refractivity contribution in [2.75, 3.05) is 13.7 Å². The number of ketones is 1. The molecule has 1 aliphatic heterocycles. The number of ether oxygens (including phenoxy) is 2. The molecule has 7 N–H and O–H groups in total. The molecule has 0 aromatic heterocycles. The number of benzene rings is 2. The minimum absolute atomic E-state index is 0.0852. The highest BCUT2D eigenvalue weighted by Gasteiger charge is 2.50. The Morgan fingerprint density at radius 1 is 0.935 bits per heavy atom. The van der Waals surface area contributed by atoms with Crippen LogP contribution < -0.4 is 4.74 Å². The lowest BCUT2D eigenvalue weighted by Crippen LogP contribution is -2.60. The molecule has 1 saturated heterocycles. The zero-order valence-corrected chi connectivity index (χ0v) is 16.3. The van der Waals surface area contributed by atoms with Gasteiger partial charge in [0.05, 0.1) is 30.9 Å². The fourth-order valence-corrected chi connectivity index (χ4v) is 4.47. The van der Waals surface area contributed by atoms with Crippen molar-refractivity contribution in [2.45, 2.75) is 36.4 Å². The van der Waals surface area contributed by atoms with E-state index in [1.54, 1.807) is 0 Å². The maximum absolute atomic E-state index is 13.3. The van der Waals surface area contributed by atoms with E-state index in [9.17, 15) is 40.5 Å². The number of fused-ring (bicyclic) bond motifs is 2. The van der Waals surface area contributed by atoms with Gasteiger partial charge in [-0.15, -0.1) is 0 Å². The van der Waals surface area contributed by atoms with Gasteiger partial charge in [0.2, 0.25) is 5.78 Å². The number of hydrogen-bond acceptors (Lipinski definition) is 10. The summed E-state index contributed by atoms with van der Waals surface area (Å²) in [4.78, 5) is 13.3. The van der Waals surface area contributed by atoms with Gasteiger partial charge >= 0.3 is 0 Å². The Morgan fingerprint density at radius 2 is 1.65 bits per heavy atom. The summed E-state index contributed by atoms with van der Waals surface area (Å²) < 4.78 is 10.9. The average molecular weight is 434 g/mol. The van der Waals surface area contributed by atoms with Gasteiger partial charge in [-0.3, -0.25) is 4.79 Å². The molecule has 0 radical (unpaired) electrons. The molecule has 4 rings (SSSR count). The number of aliphatic hydroxyl groups is 4. The fraction of sp³-hybridized carbons (Fsp3) is 0.381. The number of phenolic OH excluding ortho intramolecular Hbond substituents is 3. The number of methoxy groups -OCH3 is 1. The monoisotopic (exact) mass is 434 g/mol. The summed E-state index contributed by atoms with van der Waals surface area (Å²) >= 11 is 0. The smallest absolute Gasteiger partial charge is 0.201 e. The second kappa shape index (κ2) is 7.66. The molecule has 1 aliphatic carbocycles. The Kier molecular flexibility index (Phi) is 5.28. The van der Waals surface area contributed by atoms with Crippen LogP contribution in [0.15, 0.2) is 24.3 Å². The Balaban J connectivity index is 1.99. The lowest BCUT2D eigenvalue weighted by Gasteiger charge is -2.45. The van der Waals surface area contributed by atoms with Crippen LogP contribution in [-0.4, -0.2) is 85.8 Å². The number of hydrogen-bond donors (Lipinski definition) is 7. The number of aliphatic hydroxyl groups excluding tert-OH is 4. The van der Waals surface area contributed by atoms with E-state index in [0.717, 1.165) is 6.07 Å². The van der Waals surface area contributed by atoms with E-state index in [2.05, 4.69) is 0 Å². The predicted octanol–water partition coefficient (Wildman–Crippen LogP) is -0.669. The first-order valence-corrected chi connectivity index (χ1v) is 9.52. The number of rotatable bonds is 3. The first-order valence-electron chi connectivity index (χ1n) is 9.52. The van der Waals surface area contributed by atoms with Gasteiger partial charge in [-0.1, -0.05) is 6.07 Å². The van der Waals surface area contributed by atoms with Gasteiger partial charge < -0.3 is 45.2 Å². The zero-order valence-electron chi connectivity index (χ0n) is 16.3. The largest absolute Gasteiger partial charge is 0.508 e. The van der Waals surface area contributed by atoms with Crippen LogP contribution in [0.25, 0.3) is 0 Å². The highest BCUT2D eigenvalue weighted by atomic mass is 16.5. The van der Waals surface area contributed by atoms with Crippen molar-refractivity contribution in [3.05, 3.63) is 46.5 Å². The lowest BCUT2D eigenvalue weighted by atomic mass is 9.71. The molecule has 0 bridgehead atoms. The summed E-state index contributed by atoms with van der Waals surface area (Å²) in [6.07, 6.45) is -7.42. The maximum atomic E-state index is 13.3. The number of phenols is 3. The molecule has 166 valence electrons. The normalized spacial score (nSPS) is 29.9. The van der Waals surface area contributed by atoms with Gasteiger partial charge in [0.1, 0.15) is 35.9 Å². The first-order chi connectivity index (χ1) is 14.7. The van der Waals surface area contributed by atoms with Gasteiger partial charge in [-0.2, -0.15) is 0 Å². The number of carbonyl (C=O) groups is 1. The second-order valence-electron chi connectivity index (χ2n) is 7.61. The van der Waals surface area contributed by atoms with Gasteiger partial charge in [0.25, 0.3) is 0 Å². The van der Waals surface area contributed by atoms with Crippen molar-refractivity contribution in [1.29, 1.82) is 0 Å². The van der Waals surface area contributed by atoms with Crippen molar-refractivity contribution in [3.63, 3.8) is 0 Å². The summed E-state index contributed by atoms with van der Waals surface area (Å²) in [5, 5.41) is 71.3. The minimum atomic E-state index is -1.68. The Labute approximate surface area is 176 Å². The minimum Gasteiger partial charge on any atom is -0.508 e. The van der Waals surface area contributed by atoms with E-state index >= 15 is 0 Å². The highest BCUT2D eigenvalue weighted by molar-refractivity contribution is 6.16. The summed E-state index contributed by atoms with van der Waals surface area (Å²) in [6.45, 7) is -0.656. The van der Waals surface area contributed by atoms with Crippen LogP contribution in [0.5, 0.6) is 23.0 Å². The van der Waals surface area contributed by atoms with Crippen molar-refractivity contribution in [1.82, 2.24) is 0 Å². The van der Waals surface area contributed by atoms with Crippen LogP contribution in [0.4, 0.5) is 0 Å². The van der Waals surface area contributed by atoms with E-state index in [4.69, 9.17) is 9.47 Å². The molecule has 10 heteroatoms. The molecular weight excluding hydrogens is 412 g/mol. The van der Waals surface area contributed by atoms with E-state index in [1.807, 2.05) is 0 Å². The topological polar surface area (TPSA) is 177 Å². The molecule has 2 aromatic carbocycles. The summed E-state index contributed by atoms with van der Waals surface area (Å²) in [5.74, 6) is -3.10. The van der Waals surface area contributed by atoms with Crippen LogP contribution in [0, 0.1) is 0 Å². The molecule has 1 heterocycles. The van der Waals surface area contributed by atoms with Gasteiger partial charge in [-0.05, 0) is 23.3 Å². The molecule has 10 nitrogen and oxygen atoms in total. The number of carbonyl (C=O) groups excluding carboxylic acids is 1. The van der Waals surface area contributed by atoms with E-state index in [0.29, 0.717) is 0 Å². The molecular formula is C21H22O10. The third kappa shape index (κ3) is 3.11. The molecule has 2 aromatic rings. The Bertz CT molecular complexity index is 1030. The third-order valence-corrected chi connectivity index (χ3v) is 5.89. The van der Waals surface area contributed by atoms with E-state index in [-0.39, 0.29) is 39.5 Å². The van der Waals surface area contributed by atoms with Gasteiger partial charge in [0.15, 0.2) is 11.5 Å². The first kappa shape index (κ1) is 21.3. The summed E-state index contributed by atoms with van der Waals surface area (Å²) in [6, 6.07) is 4.87. The third-order valence-electron chi connectivity index (χ3n) is 5.89. The van der Waals surface area contributed by atoms with E-state index < -0.39 is 54.6 Å². The van der Waals surface area contributed by atoms with Gasteiger partial charge in [-0.25, -0.2) is 0 Å². The molecule has 1 unspecified atom stereocenters. The molecule has 6 atom stereocenters. The molecule has 31 heavy (non-hydrogen) atoms. The van der Waals surface area contributed by atoms with Crippen LogP contribution in [0.3, 0.4) is 0 Å². The van der Waals surface area contributed by atoms with Crippen LogP contribution in [0.1, 0.15) is 33.0 Å². The van der Waals surface area contributed by atoms with Crippen molar-refractivity contribution < 1.29 is 50.0 Å². The maximum Gasteiger partial charge on any atom is 0.201 e. The standard InChI is InChI=1S/C21H22O10/c1-30-20-10(24)3-2-8-13(21-19(29)18(28)16(26)12(6-22)31-21)9-4-7(23)5-11(25)14(9)17(27)15(8)20/h2-5,12-13,16,18-19,21-26,28-29H,6H2,1H3/t12-,13?,16-,18+,19-,21+/m1/s1. The summed E-state index contributed by atoms with van der Waals surface area (Å²) in [5.41, 5.74) is 0.0580. The molecule has 1 fully saturated rings. The van der Waals surface area contributed by atoms with Gasteiger partial charge in [0, 0.05) is 12.0 Å². The van der Waals surface area contributed by atoms with Crippen LogP contribution in [0.2, 0.25) is 0 Å². The molecule has 2 aliphatic rings. The predicted molar refractivity (Wildman–Crippen MR) is 103 cm³/mol. The molecule has 0 amide bonds. The van der Waals surface area contributed by atoms with E-state index in [1.165, 1.54) is 25.3 Å². The lowest BCUT2D eigenvalue weighted by molar-refractivity contribution is -0.232. The second-order valence-corrected chi connectivity index (χ2v) is 7.61. The Morgan fingerprint density at radius 3 is 2.29 bits per heavy atom. The van der Waals surface area contributed by atoms with Crippen molar-refractivity contribution >= 4 is 5.78 Å². The molecule has 0 spiro atoms. The quantitative estimate of drug-likeness (QED) is 0.328. The van der Waals surface area contributed by atoms with Crippen molar-refractivity contribution in [3.8, 4) is 23.0 Å². The number of aromatic hydroxyl groups is 3. The summed E-state index contributed by atoms with van der Waals surface area (Å²) in [7, 11) is 1.25. The highest BCUT2D eigenvalue weighted by Crippen LogP contribution is 2.50.